The molecule has 0 aromatic heterocycles. The topological polar surface area (TPSA) is 65.5 Å². The van der Waals surface area contributed by atoms with Gasteiger partial charge in [0.15, 0.2) is 0 Å². The van der Waals surface area contributed by atoms with E-state index in [1.54, 1.807) is 36.2 Å². The SMILES string of the molecule is CON=C(CN(C)C(=O)c1cc(Cl)cc(Cl)c1)[C@H](CCN1CCC(N2CCCCC2=O)CC1)c1ccc(Cl)c(Cl)c1. The van der Waals surface area contributed by atoms with Crippen LogP contribution in [0.15, 0.2) is 41.6 Å². The zero-order chi connectivity index (χ0) is 29.5. The Kier molecular flexibility index (Phi) is 11.6. The van der Waals surface area contributed by atoms with Gasteiger partial charge >= 0.3 is 0 Å². The van der Waals surface area contributed by atoms with Gasteiger partial charge in [0.25, 0.3) is 5.91 Å². The van der Waals surface area contributed by atoms with E-state index in [1.807, 2.05) is 12.1 Å². The second-order valence-corrected chi connectivity index (χ2v) is 12.4. The van der Waals surface area contributed by atoms with E-state index in [4.69, 9.17) is 51.2 Å². The highest BCUT2D eigenvalue weighted by molar-refractivity contribution is 6.42. The molecule has 2 amide bonds. The van der Waals surface area contributed by atoms with E-state index in [-0.39, 0.29) is 18.4 Å². The van der Waals surface area contributed by atoms with E-state index in [9.17, 15) is 9.59 Å². The van der Waals surface area contributed by atoms with Crippen LogP contribution in [0, 0.1) is 0 Å². The fraction of sp³-hybridized carbons (Fsp3) is 0.500. The largest absolute Gasteiger partial charge is 0.399 e. The van der Waals surface area contributed by atoms with E-state index in [0.717, 1.165) is 63.8 Å². The average Bonchev–Trinajstić information content (AvgIpc) is 2.94. The fourth-order valence-electron chi connectivity index (χ4n) is 5.77. The Morgan fingerprint density at radius 2 is 1.73 bits per heavy atom. The molecule has 2 aromatic carbocycles. The summed E-state index contributed by atoms with van der Waals surface area (Å²) in [5, 5.41) is 6.09. The molecule has 7 nitrogen and oxygen atoms in total. The number of benzene rings is 2. The van der Waals surface area contributed by atoms with Crippen LogP contribution in [-0.2, 0) is 9.63 Å². The van der Waals surface area contributed by atoms with Crippen molar-refractivity contribution in [1.29, 1.82) is 0 Å². The first-order valence-corrected chi connectivity index (χ1v) is 15.5. The normalized spacial score (nSPS) is 18.0. The van der Waals surface area contributed by atoms with Crippen molar-refractivity contribution in [2.45, 2.75) is 50.5 Å². The molecule has 0 N–H and O–H groups in total. The minimum absolute atomic E-state index is 0.177. The summed E-state index contributed by atoms with van der Waals surface area (Å²) < 4.78 is 0. The van der Waals surface area contributed by atoms with Crippen LogP contribution in [0.5, 0.6) is 0 Å². The Bertz CT molecular complexity index is 1250. The quantitative estimate of drug-likeness (QED) is 0.206. The van der Waals surface area contributed by atoms with Crippen molar-refractivity contribution in [1.82, 2.24) is 14.7 Å². The summed E-state index contributed by atoms with van der Waals surface area (Å²) >= 11 is 24.9. The molecule has 222 valence electrons. The van der Waals surface area contributed by atoms with Crippen LogP contribution in [0.2, 0.25) is 20.1 Å². The molecule has 0 unspecified atom stereocenters. The molecule has 0 radical (unpaired) electrons. The summed E-state index contributed by atoms with van der Waals surface area (Å²) in [7, 11) is 3.21. The molecule has 2 fully saturated rings. The number of carbonyl (C=O) groups is 2. The highest BCUT2D eigenvalue weighted by Gasteiger charge is 2.30. The smallest absolute Gasteiger partial charge is 0.254 e. The minimum atomic E-state index is -0.236. The third-order valence-electron chi connectivity index (χ3n) is 7.90. The number of hydrogen-bond donors (Lipinski definition) is 0. The molecule has 2 saturated heterocycles. The third kappa shape index (κ3) is 8.51. The molecule has 0 spiro atoms. The van der Waals surface area contributed by atoms with Gasteiger partial charge < -0.3 is 19.5 Å². The monoisotopic (exact) mass is 640 g/mol. The molecule has 2 aliphatic heterocycles. The Hall–Kier alpha value is -2.03. The van der Waals surface area contributed by atoms with Crippen LogP contribution in [-0.4, -0.2) is 85.1 Å². The minimum Gasteiger partial charge on any atom is -0.399 e. The molecule has 4 rings (SSSR count). The lowest BCUT2D eigenvalue weighted by Crippen LogP contribution is -2.49. The predicted molar refractivity (Wildman–Crippen MR) is 167 cm³/mol. The van der Waals surface area contributed by atoms with Gasteiger partial charge in [-0.15, -0.1) is 0 Å². The lowest BCUT2D eigenvalue weighted by molar-refractivity contribution is -0.136. The van der Waals surface area contributed by atoms with Crippen LogP contribution in [0.1, 0.15) is 60.4 Å². The molecular formula is C30H36Cl4N4O3. The number of halogens is 4. The van der Waals surface area contributed by atoms with Crippen LogP contribution in [0.25, 0.3) is 0 Å². The van der Waals surface area contributed by atoms with E-state index in [0.29, 0.717) is 49.7 Å². The number of piperidine rings is 2. The van der Waals surface area contributed by atoms with E-state index in [2.05, 4.69) is 15.0 Å². The van der Waals surface area contributed by atoms with Crippen LogP contribution in [0.4, 0.5) is 0 Å². The first kappa shape index (κ1) is 31.9. The first-order valence-electron chi connectivity index (χ1n) is 13.9. The molecule has 0 bridgehead atoms. The van der Waals surface area contributed by atoms with Gasteiger partial charge in [0.05, 0.1) is 22.3 Å². The number of hydrogen-bond acceptors (Lipinski definition) is 5. The lowest BCUT2D eigenvalue weighted by atomic mass is 9.89. The number of nitrogens with zero attached hydrogens (tertiary/aromatic N) is 4. The van der Waals surface area contributed by atoms with Crippen molar-refractivity contribution in [3.8, 4) is 0 Å². The Morgan fingerprint density at radius 3 is 2.37 bits per heavy atom. The molecule has 2 heterocycles. The number of rotatable bonds is 10. The van der Waals surface area contributed by atoms with Gasteiger partial charge in [-0.25, -0.2) is 0 Å². The Labute approximate surface area is 262 Å². The Balaban J connectivity index is 1.48. The highest BCUT2D eigenvalue weighted by Crippen LogP contribution is 2.31. The van der Waals surface area contributed by atoms with Crippen molar-refractivity contribution in [3.05, 3.63) is 67.6 Å². The molecular weight excluding hydrogens is 606 g/mol. The fourth-order valence-corrected chi connectivity index (χ4v) is 6.60. The van der Waals surface area contributed by atoms with E-state index in [1.165, 1.54) is 7.11 Å². The van der Waals surface area contributed by atoms with Gasteiger partial charge in [0.1, 0.15) is 7.11 Å². The molecule has 0 aliphatic carbocycles. The van der Waals surface area contributed by atoms with Gasteiger partial charge in [-0.2, -0.15) is 0 Å². The van der Waals surface area contributed by atoms with Crippen LogP contribution >= 0.6 is 46.4 Å². The standard InChI is InChI=1S/C30H36Cl4N4O3/c1-36(30(40)21-15-22(31)18-23(32)16-21)19-28(35-41-2)25(20-6-7-26(33)27(34)17-20)10-14-37-12-8-24(9-13-37)38-11-4-3-5-29(38)39/h6-7,15-18,24-25H,3-5,8-14,19H2,1-2H3/t25-/m1/s1. The van der Waals surface area contributed by atoms with Gasteiger partial charge in [-0.05, 0) is 74.5 Å². The van der Waals surface area contributed by atoms with Gasteiger partial charge in [0.2, 0.25) is 5.91 Å². The molecule has 1 atom stereocenters. The van der Waals surface area contributed by atoms with Gasteiger partial charge in [0, 0.05) is 60.7 Å². The summed E-state index contributed by atoms with van der Waals surface area (Å²) in [5.74, 6) is -0.113. The van der Waals surface area contributed by atoms with Crippen molar-refractivity contribution in [2.24, 2.45) is 5.16 Å². The summed E-state index contributed by atoms with van der Waals surface area (Å²) in [4.78, 5) is 37.1. The molecule has 41 heavy (non-hydrogen) atoms. The molecule has 0 saturated carbocycles. The first-order chi connectivity index (χ1) is 19.7. The van der Waals surface area contributed by atoms with Gasteiger partial charge in [-0.3, -0.25) is 9.59 Å². The second-order valence-electron chi connectivity index (χ2n) is 10.7. The number of carbonyl (C=O) groups excluding carboxylic acids is 2. The number of likely N-dealkylation sites (tertiary alicyclic amines) is 2. The summed E-state index contributed by atoms with van der Waals surface area (Å²) in [6.45, 7) is 3.77. The highest BCUT2D eigenvalue weighted by atomic mass is 35.5. The summed E-state index contributed by atoms with van der Waals surface area (Å²) in [6.07, 6.45) is 5.46. The van der Waals surface area contributed by atoms with Crippen LogP contribution < -0.4 is 0 Å². The number of amides is 2. The van der Waals surface area contributed by atoms with Crippen molar-refractivity contribution >= 4 is 63.9 Å². The third-order valence-corrected chi connectivity index (χ3v) is 9.08. The maximum absolute atomic E-state index is 13.3. The predicted octanol–water partition coefficient (Wildman–Crippen LogP) is 7.03. The zero-order valence-electron chi connectivity index (χ0n) is 23.4. The molecule has 11 heteroatoms. The maximum atomic E-state index is 13.3. The summed E-state index contributed by atoms with van der Waals surface area (Å²) in [5.41, 5.74) is 2.02. The lowest BCUT2D eigenvalue weighted by Gasteiger charge is -2.40. The van der Waals surface area contributed by atoms with Crippen molar-refractivity contribution in [3.63, 3.8) is 0 Å². The van der Waals surface area contributed by atoms with Gasteiger partial charge in [-0.1, -0.05) is 57.6 Å². The van der Waals surface area contributed by atoms with E-state index >= 15 is 0 Å². The summed E-state index contributed by atoms with van der Waals surface area (Å²) in [6, 6.07) is 10.7. The molecule has 2 aromatic rings. The zero-order valence-corrected chi connectivity index (χ0v) is 26.4. The average molecular weight is 642 g/mol. The van der Waals surface area contributed by atoms with Crippen LogP contribution in [0.3, 0.4) is 0 Å². The Morgan fingerprint density at radius 1 is 1.02 bits per heavy atom. The van der Waals surface area contributed by atoms with E-state index < -0.39 is 0 Å². The van der Waals surface area contributed by atoms with Crippen molar-refractivity contribution < 1.29 is 14.4 Å². The maximum Gasteiger partial charge on any atom is 0.254 e. The second kappa shape index (κ2) is 14.9. The van der Waals surface area contributed by atoms with Crippen molar-refractivity contribution in [2.75, 3.05) is 46.9 Å². The number of oxime groups is 1. The molecule has 2 aliphatic rings.